The van der Waals surface area contributed by atoms with Crippen molar-refractivity contribution in [2.45, 2.75) is 45.1 Å². The van der Waals surface area contributed by atoms with E-state index in [4.69, 9.17) is 16.1 Å². The van der Waals surface area contributed by atoms with Crippen LogP contribution in [0.2, 0.25) is 5.02 Å². The van der Waals surface area contributed by atoms with E-state index in [2.05, 4.69) is 37.6 Å². The number of aliphatic imine (C=N–C) groups is 1. The highest BCUT2D eigenvalue weighted by Gasteiger charge is 2.19. The zero-order chi connectivity index (χ0) is 20.5. The van der Waals surface area contributed by atoms with E-state index < -0.39 is 0 Å². The Morgan fingerprint density at radius 2 is 2.00 bits per heavy atom. The molecule has 2 heterocycles. The minimum absolute atomic E-state index is 0. The highest BCUT2D eigenvalue weighted by molar-refractivity contribution is 14.0. The van der Waals surface area contributed by atoms with Crippen molar-refractivity contribution in [2.24, 2.45) is 4.99 Å². The van der Waals surface area contributed by atoms with E-state index in [1.807, 2.05) is 24.3 Å². The van der Waals surface area contributed by atoms with Gasteiger partial charge in [-0.2, -0.15) is 4.98 Å². The Hall–Kier alpha value is -1.39. The monoisotopic (exact) mass is 546 g/mol. The van der Waals surface area contributed by atoms with E-state index in [1.54, 1.807) is 7.05 Å². The van der Waals surface area contributed by atoms with Crippen molar-refractivity contribution in [3.05, 3.63) is 35.2 Å². The fourth-order valence-electron chi connectivity index (χ4n) is 3.43. The summed E-state index contributed by atoms with van der Waals surface area (Å²) in [6.07, 6.45) is 5.49. The first kappa shape index (κ1) is 24.9. The normalized spacial score (nSPS) is 15.6. The molecule has 166 valence electrons. The first-order valence-electron chi connectivity index (χ1n) is 10.5. The molecule has 0 radical (unpaired) electrons. The SMILES string of the molecule is CCCCN1CCC(NC(=NC)NCCc2nc(-c3ccc(Cl)cc3)no2)CC1.I. The Morgan fingerprint density at radius 1 is 1.27 bits per heavy atom. The number of benzene rings is 1. The van der Waals surface area contributed by atoms with Crippen molar-refractivity contribution in [3.63, 3.8) is 0 Å². The summed E-state index contributed by atoms with van der Waals surface area (Å²) in [4.78, 5) is 11.4. The molecule has 1 aromatic carbocycles. The van der Waals surface area contributed by atoms with Gasteiger partial charge in [-0.3, -0.25) is 4.99 Å². The number of guanidine groups is 1. The third-order valence-electron chi connectivity index (χ3n) is 5.18. The van der Waals surface area contributed by atoms with Gasteiger partial charge in [-0.15, -0.1) is 24.0 Å². The molecule has 0 unspecified atom stereocenters. The molecule has 1 aliphatic heterocycles. The minimum atomic E-state index is 0. The number of halogens is 2. The molecule has 0 aliphatic carbocycles. The van der Waals surface area contributed by atoms with Gasteiger partial charge in [0.2, 0.25) is 11.7 Å². The molecular formula is C21H32ClIN6O. The molecule has 9 heteroatoms. The number of hydrogen-bond acceptors (Lipinski definition) is 5. The predicted octanol–water partition coefficient (Wildman–Crippen LogP) is 3.98. The molecule has 1 aliphatic rings. The topological polar surface area (TPSA) is 78.6 Å². The lowest BCUT2D eigenvalue weighted by molar-refractivity contribution is 0.203. The van der Waals surface area contributed by atoms with Crippen LogP contribution in [0.4, 0.5) is 0 Å². The second kappa shape index (κ2) is 13.1. The van der Waals surface area contributed by atoms with E-state index in [-0.39, 0.29) is 24.0 Å². The smallest absolute Gasteiger partial charge is 0.228 e. The number of likely N-dealkylation sites (tertiary alicyclic amines) is 1. The average Bonchev–Trinajstić information content (AvgIpc) is 3.22. The van der Waals surface area contributed by atoms with Gasteiger partial charge in [0, 0.05) is 49.7 Å². The molecule has 2 N–H and O–H groups in total. The summed E-state index contributed by atoms with van der Waals surface area (Å²) in [5.74, 6) is 2.01. The fraction of sp³-hybridized carbons (Fsp3) is 0.571. The van der Waals surface area contributed by atoms with Crippen molar-refractivity contribution in [1.82, 2.24) is 25.7 Å². The Labute approximate surface area is 201 Å². The van der Waals surface area contributed by atoms with Crippen LogP contribution in [-0.4, -0.2) is 60.3 Å². The Morgan fingerprint density at radius 3 is 2.67 bits per heavy atom. The lowest BCUT2D eigenvalue weighted by Crippen LogP contribution is -2.49. The van der Waals surface area contributed by atoms with Crippen LogP contribution in [0, 0.1) is 0 Å². The van der Waals surface area contributed by atoms with Gasteiger partial charge in [0.05, 0.1) is 0 Å². The number of unbranched alkanes of at least 4 members (excludes halogenated alkanes) is 1. The van der Waals surface area contributed by atoms with Gasteiger partial charge in [-0.1, -0.05) is 30.1 Å². The summed E-state index contributed by atoms with van der Waals surface area (Å²) < 4.78 is 5.36. The molecule has 0 saturated carbocycles. The summed E-state index contributed by atoms with van der Waals surface area (Å²) in [5.41, 5.74) is 0.889. The van der Waals surface area contributed by atoms with Crippen LogP contribution < -0.4 is 10.6 Å². The summed E-state index contributed by atoms with van der Waals surface area (Å²) in [6.45, 7) is 6.46. The summed E-state index contributed by atoms with van der Waals surface area (Å²) in [7, 11) is 1.80. The molecule has 1 saturated heterocycles. The maximum atomic E-state index is 5.92. The van der Waals surface area contributed by atoms with Gasteiger partial charge in [-0.25, -0.2) is 0 Å². The number of nitrogens with one attached hydrogen (secondary N) is 2. The summed E-state index contributed by atoms with van der Waals surface area (Å²) in [5, 5.41) is 11.6. The Balaban J connectivity index is 0.00000320. The largest absolute Gasteiger partial charge is 0.356 e. The van der Waals surface area contributed by atoms with E-state index in [0.29, 0.717) is 35.7 Å². The van der Waals surface area contributed by atoms with Gasteiger partial charge in [-0.05, 0) is 50.1 Å². The van der Waals surface area contributed by atoms with E-state index >= 15 is 0 Å². The van der Waals surface area contributed by atoms with Crippen LogP contribution in [-0.2, 0) is 6.42 Å². The quantitative estimate of drug-likeness (QED) is 0.296. The van der Waals surface area contributed by atoms with Gasteiger partial charge >= 0.3 is 0 Å². The lowest BCUT2D eigenvalue weighted by atomic mass is 10.0. The lowest BCUT2D eigenvalue weighted by Gasteiger charge is -2.33. The molecule has 2 aromatic rings. The molecule has 3 rings (SSSR count). The number of piperidine rings is 1. The van der Waals surface area contributed by atoms with Crippen molar-refractivity contribution in [3.8, 4) is 11.4 Å². The van der Waals surface area contributed by atoms with E-state index in [0.717, 1.165) is 37.5 Å². The minimum Gasteiger partial charge on any atom is -0.356 e. The predicted molar refractivity (Wildman–Crippen MR) is 133 cm³/mol. The highest BCUT2D eigenvalue weighted by Crippen LogP contribution is 2.18. The Kier molecular flexibility index (Phi) is 10.9. The third kappa shape index (κ3) is 7.70. The van der Waals surface area contributed by atoms with Gasteiger partial charge in [0.25, 0.3) is 0 Å². The molecule has 0 atom stereocenters. The maximum Gasteiger partial charge on any atom is 0.228 e. The van der Waals surface area contributed by atoms with Crippen LogP contribution in [0.3, 0.4) is 0 Å². The zero-order valence-electron chi connectivity index (χ0n) is 17.7. The Bertz CT molecular complexity index is 774. The van der Waals surface area contributed by atoms with Crippen molar-refractivity contribution < 1.29 is 4.52 Å². The van der Waals surface area contributed by atoms with E-state index in [9.17, 15) is 0 Å². The molecule has 0 spiro atoms. The van der Waals surface area contributed by atoms with Crippen molar-refractivity contribution in [1.29, 1.82) is 0 Å². The third-order valence-corrected chi connectivity index (χ3v) is 5.43. The van der Waals surface area contributed by atoms with Crippen LogP contribution in [0.25, 0.3) is 11.4 Å². The van der Waals surface area contributed by atoms with Crippen LogP contribution in [0.15, 0.2) is 33.8 Å². The van der Waals surface area contributed by atoms with Gasteiger partial charge < -0.3 is 20.1 Å². The number of aromatic nitrogens is 2. The standard InChI is InChI=1S/C21H31ClN6O.HI/c1-3-4-13-28-14-10-18(11-15-28)25-21(23-2)24-12-9-19-26-20(27-29-19)16-5-7-17(22)8-6-16;/h5-8,18H,3-4,9-15H2,1-2H3,(H2,23,24,25);1H. The van der Waals surface area contributed by atoms with Gasteiger partial charge in [0.15, 0.2) is 5.96 Å². The molecule has 30 heavy (non-hydrogen) atoms. The summed E-state index contributed by atoms with van der Waals surface area (Å²) in [6, 6.07) is 7.87. The van der Waals surface area contributed by atoms with Crippen molar-refractivity contribution in [2.75, 3.05) is 33.2 Å². The zero-order valence-corrected chi connectivity index (χ0v) is 20.8. The van der Waals surface area contributed by atoms with Gasteiger partial charge in [0.1, 0.15) is 0 Å². The van der Waals surface area contributed by atoms with Crippen molar-refractivity contribution >= 4 is 41.5 Å². The van der Waals surface area contributed by atoms with Crippen LogP contribution in [0.5, 0.6) is 0 Å². The first-order chi connectivity index (χ1) is 14.2. The molecule has 0 bridgehead atoms. The fourth-order valence-corrected chi connectivity index (χ4v) is 3.56. The van der Waals surface area contributed by atoms with Crippen LogP contribution in [0.1, 0.15) is 38.5 Å². The maximum absolute atomic E-state index is 5.92. The molecule has 1 fully saturated rings. The van der Waals surface area contributed by atoms with Crippen LogP contribution >= 0.6 is 35.6 Å². The molecule has 1 aromatic heterocycles. The highest BCUT2D eigenvalue weighted by atomic mass is 127. The van der Waals surface area contributed by atoms with E-state index in [1.165, 1.54) is 19.4 Å². The number of nitrogens with zero attached hydrogens (tertiary/aromatic N) is 4. The second-order valence-corrected chi connectivity index (χ2v) is 7.82. The molecule has 0 amide bonds. The number of hydrogen-bond donors (Lipinski definition) is 2. The molecule has 7 nitrogen and oxygen atoms in total. The second-order valence-electron chi connectivity index (χ2n) is 7.38. The number of rotatable bonds is 8. The molecular weight excluding hydrogens is 515 g/mol. The first-order valence-corrected chi connectivity index (χ1v) is 10.8. The summed E-state index contributed by atoms with van der Waals surface area (Å²) >= 11 is 5.92. The average molecular weight is 547 g/mol.